The highest BCUT2D eigenvalue weighted by Crippen LogP contribution is 2.03. The van der Waals surface area contributed by atoms with E-state index in [-0.39, 0.29) is 5.97 Å². The molecule has 0 saturated heterocycles. The van der Waals surface area contributed by atoms with E-state index in [0.717, 1.165) is 19.4 Å². The van der Waals surface area contributed by atoms with Gasteiger partial charge in [0.1, 0.15) is 6.61 Å². The molecular weight excluding hydrogens is 286 g/mol. The number of esters is 1. The van der Waals surface area contributed by atoms with Gasteiger partial charge in [-0.3, -0.25) is 4.79 Å². The second kappa shape index (κ2) is 18.4. The maximum absolute atomic E-state index is 11.4. The van der Waals surface area contributed by atoms with Gasteiger partial charge in [0.05, 0.1) is 39.6 Å². The first-order valence-electron chi connectivity index (χ1n) is 8.34. The zero-order valence-electron chi connectivity index (χ0n) is 14.2. The predicted molar refractivity (Wildman–Crippen MR) is 86.1 cm³/mol. The number of carbonyl (C=O) groups is 1. The van der Waals surface area contributed by atoms with Crippen LogP contribution in [0.4, 0.5) is 0 Å². The Morgan fingerprint density at radius 1 is 0.818 bits per heavy atom. The zero-order chi connectivity index (χ0) is 16.3. The Labute approximate surface area is 134 Å². The summed E-state index contributed by atoms with van der Waals surface area (Å²) in [6.45, 7) is 6.63. The van der Waals surface area contributed by atoms with E-state index in [4.69, 9.17) is 18.9 Å². The van der Waals surface area contributed by atoms with Crippen molar-refractivity contribution in [1.29, 1.82) is 0 Å². The smallest absolute Gasteiger partial charge is 0.305 e. The summed E-state index contributed by atoms with van der Waals surface area (Å²) < 4.78 is 21.0. The van der Waals surface area contributed by atoms with E-state index < -0.39 is 0 Å². The van der Waals surface area contributed by atoms with Gasteiger partial charge in [0.25, 0.3) is 0 Å². The molecule has 0 aliphatic carbocycles. The Hall–Kier alpha value is -0.690. The second-order valence-electron chi connectivity index (χ2n) is 4.97. The van der Waals surface area contributed by atoms with Crippen LogP contribution in [0, 0.1) is 0 Å². The van der Waals surface area contributed by atoms with Crippen molar-refractivity contribution in [2.75, 3.05) is 59.8 Å². The average molecular weight is 319 g/mol. The molecule has 6 nitrogen and oxygen atoms in total. The quantitative estimate of drug-likeness (QED) is 0.326. The molecule has 0 spiro atoms. The third-order valence-electron chi connectivity index (χ3n) is 2.97. The number of likely N-dealkylation sites (N-methyl/N-ethyl adjacent to an activating group) is 1. The third kappa shape index (κ3) is 17.4. The minimum Gasteiger partial charge on any atom is -0.463 e. The van der Waals surface area contributed by atoms with Crippen molar-refractivity contribution in [1.82, 2.24) is 5.32 Å². The van der Waals surface area contributed by atoms with Crippen molar-refractivity contribution >= 4 is 5.97 Å². The Morgan fingerprint density at radius 3 is 2.00 bits per heavy atom. The number of unbranched alkanes of at least 4 members (excludes halogenated alkanes) is 3. The van der Waals surface area contributed by atoms with Gasteiger partial charge in [0.2, 0.25) is 0 Å². The first kappa shape index (κ1) is 21.3. The van der Waals surface area contributed by atoms with Crippen molar-refractivity contribution in [2.24, 2.45) is 0 Å². The molecule has 0 aromatic heterocycles. The van der Waals surface area contributed by atoms with Gasteiger partial charge in [0, 0.05) is 13.0 Å². The van der Waals surface area contributed by atoms with Crippen LogP contribution in [0.1, 0.15) is 39.0 Å². The fraction of sp³-hybridized carbons (Fsp3) is 0.938. The molecule has 0 radical (unpaired) electrons. The van der Waals surface area contributed by atoms with Crippen LogP contribution < -0.4 is 5.32 Å². The number of hydrogen-bond donors (Lipinski definition) is 1. The van der Waals surface area contributed by atoms with E-state index in [0.29, 0.717) is 52.7 Å². The van der Waals surface area contributed by atoms with E-state index >= 15 is 0 Å². The number of carbonyl (C=O) groups excluding carboxylic acids is 1. The third-order valence-corrected chi connectivity index (χ3v) is 2.97. The minimum atomic E-state index is -0.130. The fourth-order valence-corrected chi connectivity index (χ4v) is 1.70. The van der Waals surface area contributed by atoms with Crippen LogP contribution in [0.2, 0.25) is 0 Å². The predicted octanol–water partition coefficient (Wildman–Crippen LogP) is 1.77. The molecular formula is C16H33NO5. The summed E-state index contributed by atoms with van der Waals surface area (Å²) in [5.41, 5.74) is 0. The van der Waals surface area contributed by atoms with E-state index in [1.165, 1.54) is 12.8 Å². The van der Waals surface area contributed by atoms with E-state index in [9.17, 15) is 4.79 Å². The highest BCUT2D eigenvalue weighted by atomic mass is 16.6. The van der Waals surface area contributed by atoms with Gasteiger partial charge >= 0.3 is 5.97 Å². The van der Waals surface area contributed by atoms with Crippen LogP contribution in [0.15, 0.2) is 0 Å². The molecule has 0 aromatic rings. The number of rotatable bonds is 17. The van der Waals surface area contributed by atoms with Crippen LogP contribution >= 0.6 is 0 Å². The molecule has 22 heavy (non-hydrogen) atoms. The molecule has 0 aromatic carbocycles. The molecule has 132 valence electrons. The van der Waals surface area contributed by atoms with Gasteiger partial charge in [0.15, 0.2) is 0 Å². The molecule has 0 unspecified atom stereocenters. The lowest BCUT2D eigenvalue weighted by Crippen LogP contribution is -2.17. The minimum absolute atomic E-state index is 0.130. The summed E-state index contributed by atoms with van der Waals surface area (Å²) in [6.07, 6.45) is 4.87. The molecule has 0 rings (SSSR count). The van der Waals surface area contributed by atoms with Crippen LogP contribution in [0.5, 0.6) is 0 Å². The average Bonchev–Trinajstić information content (AvgIpc) is 2.52. The normalized spacial score (nSPS) is 10.8. The van der Waals surface area contributed by atoms with Crippen LogP contribution in [0.3, 0.4) is 0 Å². The molecule has 0 atom stereocenters. The highest BCUT2D eigenvalue weighted by Gasteiger charge is 2.01. The van der Waals surface area contributed by atoms with Crippen molar-refractivity contribution < 1.29 is 23.7 Å². The Bertz CT molecular complexity index is 239. The summed E-state index contributed by atoms with van der Waals surface area (Å²) in [5.74, 6) is -0.130. The highest BCUT2D eigenvalue weighted by molar-refractivity contribution is 5.69. The molecule has 0 aliphatic heterocycles. The Morgan fingerprint density at radius 2 is 1.41 bits per heavy atom. The molecule has 0 amide bonds. The maximum atomic E-state index is 11.4. The summed E-state index contributed by atoms with van der Waals surface area (Å²) in [4.78, 5) is 11.4. The first-order chi connectivity index (χ1) is 10.8. The maximum Gasteiger partial charge on any atom is 0.305 e. The van der Waals surface area contributed by atoms with E-state index in [1.807, 2.05) is 7.05 Å². The standard InChI is InChI=1S/C16H33NO5/c1-3-4-5-6-7-16(18)22-15-14-21-13-12-20-11-10-19-9-8-17-2/h17H,3-15H2,1-2H3. The fourth-order valence-electron chi connectivity index (χ4n) is 1.70. The van der Waals surface area contributed by atoms with Crippen LogP contribution in [0.25, 0.3) is 0 Å². The van der Waals surface area contributed by atoms with Crippen LogP contribution in [-0.4, -0.2) is 65.8 Å². The lowest BCUT2D eigenvalue weighted by molar-refractivity contribution is -0.145. The van der Waals surface area contributed by atoms with Crippen molar-refractivity contribution in [3.63, 3.8) is 0 Å². The summed E-state index contributed by atoms with van der Waals surface area (Å²) in [7, 11) is 1.89. The van der Waals surface area contributed by atoms with Crippen molar-refractivity contribution in [2.45, 2.75) is 39.0 Å². The molecule has 1 N–H and O–H groups in total. The lowest BCUT2D eigenvalue weighted by Gasteiger charge is -2.07. The SMILES string of the molecule is CCCCCCC(=O)OCCOCCOCCOCCNC. The first-order valence-corrected chi connectivity index (χ1v) is 8.34. The molecule has 0 bridgehead atoms. The van der Waals surface area contributed by atoms with Gasteiger partial charge in [-0.05, 0) is 13.5 Å². The second-order valence-corrected chi connectivity index (χ2v) is 4.97. The van der Waals surface area contributed by atoms with Gasteiger partial charge in [-0.2, -0.15) is 0 Å². The van der Waals surface area contributed by atoms with Crippen molar-refractivity contribution in [3.05, 3.63) is 0 Å². The Balaban J connectivity index is 3.08. The molecule has 6 heteroatoms. The molecule has 0 saturated carbocycles. The van der Waals surface area contributed by atoms with Crippen molar-refractivity contribution in [3.8, 4) is 0 Å². The molecule has 0 fully saturated rings. The Kier molecular flexibility index (Phi) is 17.8. The van der Waals surface area contributed by atoms with Gasteiger partial charge in [-0.25, -0.2) is 0 Å². The van der Waals surface area contributed by atoms with E-state index in [1.54, 1.807) is 0 Å². The van der Waals surface area contributed by atoms with Gasteiger partial charge < -0.3 is 24.3 Å². The monoisotopic (exact) mass is 319 g/mol. The summed E-state index contributed by atoms with van der Waals surface area (Å²) >= 11 is 0. The number of nitrogens with one attached hydrogen (secondary N) is 1. The summed E-state index contributed by atoms with van der Waals surface area (Å²) in [5, 5.41) is 3.00. The van der Waals surface area contributed by atoms with Crippen LogP contribution in [-0.2, 0) is 23.7 Å². The van der Waals surface area contributed by atoms with Gasteiger partial charge in [-0.15, -0.1) is 0 Å². The molecule has 0 heterocycles. The van der Waals surface area contributed by atoms with E-state index in [2.05, 4.69) is 12.2 Å². The number of hydrogen-bond acceptors (Lipinski definition) is 6. The molecule has 0 aliphatic rings. The largest absolute Gasteiger partial charge is 0.463 e. The number of ether oxygens (including phenoxy) is 4. The zero-order valence-corrected chi connectivity index (χ0v) is 14.2. The van der Waals surface area contributed by atoms with Gasteiger partial charge in [-0.1, -0.05) is 26.2 Å². The topological polar surface area (TPSA) is 66.0 Å². The lowest BCUT2D eigenvalue weighted by atomic mass is 10.2. The summed E-state index contributed by atoms with van der Waals surface area (Å²) in [6, 6.07) is 0.